The Morgan fingerprint density at radius 2 is 1.75 bits per heavy atom. The maximum Gasteiger partial charge on any atom is 0.289 e. The number of nitrogens with one attached hydrogen (secondary N) is 1. The molecule has 0 saturated carbocycles. The highest BCUT2D eigenvalue weighted by Crippen LogP contribution is 2.27. The van der Waals surface area contributed by atoms with E-state index >= 15 is 0 Å². The first-order chi connectivity index (χ1) is 13.5. The van der Waals surface area contributed by atoms with Crippen molar-refractivity contribution in [2.45, 2.75) is 6.42 Å². The summed E-state index contributed by atoms with van der Waals surface area (Å²) < 4.78 is 5.70. The van der Waals surface area contributed by atoms with Crippen molar-refractivity contribution in [2.24, 2.45) is 0 Å². The number of rotatable bonds is 7. The number of nitro benzene ring substituents is 1. The van der Waals surface area contributed by atoms with Gasteiger partial charge in [0.2, 0.25) is 0 Å². The van der Waals surface area contributed by atoms with Crippen LogP contribution in [0.5, 0.6) is 5.75 Å². The maximum atomic E-state index is 12.3. The van der Waals surface area contributed by atoms with Crippen LogP contribution in [0.4, 0.5) is 11.4 Å². The molecule has 3 aromatic rings. The fourth-order valence-corrected chi connectivity index (χ4v) is 2.75. The number of halogens is 1. The number of benzene rings is 3. The lowest BCUT2D eigenvalue weighted by molar-refractivity contribution is -0.384. The molecule has 0 heterocycles. The third kappa shape index (κ3) is 5.08. The maximum absolute atomic E-state index is 12.3. The smallest absolute Gasteiger partial charge is 0.289 e. The highest BCUT2D eigenvalue weighted by Gasteiger charge is 2.14. The number of anilines is 1. The summed E-state index contributed by atoms with van der Waals surface area (Å²) in [5.41, 5.74) is 1.63. The standard InChI is InChI=1S/C21H17ClN2O4/c22-19-11-8-17(14-20(19)24(26)27)23-21(25)16-6-9-18(10-7-16)28-13-12-15-4-2-1-3-5-15/h1-11,14H,12-13H2,(H,23,25). The quantitative estimate of drug-likeness (QED) is 0.443. The van der Waals surface area contributed by atoms with Gasteiger partial charge < -0.3 is 10.1 Å². The Balaban J connectivity index is 1.58. The minimum atomic E-state index is -0.598. The first-order valence-electron chi connectivity index (χ1n) is 8.55. The number of carbonyl (C=O) groups is 1. The van der Waals surface area contributed by atoms with Crippen molar-refractivity contribution in [3.8, 4) is 5.75 Å². The summed E-state index contributed by atoms with van der Waals surface area (Å²) in [4.78, 5) is 22.7. The van der Waals surface area contributed by atoms with Gasteiger partial charge >= 0.3 is 0 Å². The van der Waals surface area contributed by atoms with Gasteiger partial charge in [-0.1, -0.05) is 41.9 Å². The first-order valence-corrected chi connectivity index (χ1v) is 8.93. The zero-order chi connectivity index (χ0) is 19.9. The molecular weight excluding hydrogens is 380 g/mol. The molecule has 0 aliphatic carbocycles. The molecule has 0 spiro atoms. The van der Waals surface area contributed by atoms with Gasteiger partial charge in [0.1, 0.15) is 10.8 Å². The van der Waals surface area contributed by atoms with Crippen LogP contribution >= 0.6 is 11.6 Å². The van der Waals surface area contributed by atoms with Crippen LogP contribution in [0, 0.1) is 10.1 Å². The van der Waals surface area contributed by atoms with Crippen LogP contribution in [-0.4, -0.2) is 17.4 Å². The van der Waals surface area contributed by atoms with Gasteiger partial charge in [-0.15, -0.1) is 0 Å². The molecule has 0 fully saturated rings. The average molecular weight is 397 g/mol. The number of hydrogen-bond donors (Lipinski definition) is 1. The summed E-state index contributed by atoms with van der Waals surface area (Å²) >= 11 is 5.77. The molecule has 0 bridgehead atoms. The van der Waals surface area contributed by atoms with Crippen molar-refractivity contribution < 1.29 is 14.5 Å². The monoisotopic (exact) mass is 396 g/mol. The number of carbonyl (C=O) groups excluding carboxylic acids is 1. The molecule has 0 unspecified atom stereocenters. The molecule has 28 heavy (non-hydrogen) atoms. The Bertz CT molecular complexity index is 975. The highest BCUT2D eigenvalue weighted by molar-refractivity contribution is 6.32. The Hall–Kier alpha value is -3.38. The number of ether oxygens (including phenoxy) is 1. The van der Waals surface area contributed by atoms with Gasteiger partial charge in [0.05, 0.1) is 11.5 Å². The van der Waals surface area contributed by atoms with Gasteiger partial charge in [-0.05, 0) is 42.0 Å². The normalized spacial score (nSPS) is 10.3. The van der Waals surface area contributed by atoms with E-state index < -0.39 is 4.92 Å². The molecule has 0 atom stereocenters. The van der Waals surface area contributed by atoms with Crippen molar-refractivity contribution in [3.63, 3.8) is 0 Å². The Kier molecular flexibility index (Phi) is 6.24. The van der Waals surface area contributed by atoms with Crippen LogP contribution in [0.25, 0.3) is 0 Å². The molecule has 6 nitrogen and oxygen atoms in total. The Morgan fingerprint density at radius 3 is 2.43 bits per heavy atom. The second-order valence-corrected chi connectivity index (χ2v) is 6.39. The average Bonchev–Trinajstić information content (AvgIpc) is 2.70. The SMILES string of the molecule is O=C(Nc1ccc(Cl)c([N+](=O)[O-])c1)c1ccc(OCCc2ccccc2)cc1. The molecule has 0 radical (unpaired) electrons. The zero-order valence-corrected chi connectivity index (χ0v) is 15.6. The minimum Gasteiger partial charge on any atom is -0.493 e. The molecular formula is C21H17ClN2O4. The van der Waals surface area contributed by atoms with Crippen molar-refractivity contribution in [3.05, 3.63) is 99.1 Å². The zero-order valence-electron chi connectivity index (χ0n) is 14.8. The van der Waals surface area contributed by atoms with E-state index in [1.165, 1.54) is 23.8 Å². The second-order valence-electron chi connectivity index (χ2n) is 5.99. The van der Waals surface area contributed by atoms with E-state index in [1.807, 2.05) is 30.3 Å². The summed E-state index contributed by atoms with van der Waals surface area (Å²) in [6.07, 6.45) is 0.790. The van der Waals surface area contributed by atoms with Gasteiger partial charge in [-0.2, -0.15) is 0 Å². The largest absolute Gasteiger partial charge is 0.493 e. The molecule has 0 aliphatic heterocycles. The summed E-state index contributed by atoms with van der Waals surface area (Å²) in [6.45, 7) is 0.532. The van der Waals surface area contributed by atoms with Crippen LogP contribution < -0.4 is 10.1 Å². The lowest BCUT2D eigenvalue weighted by Crippen LogP contribution is -2.12. The van der Waals surface area contributed by atoms with Gasteiger partial charge in [0, 0.05) is 23.7 Å². The summed E-state index contributed by atoms with van der Waals surface area (Å²) in [6, 6.07) is 20.8. The molecule has 7 heteroatoms. The van der Waals surface area contributed by atoms with Crippen molar-refractivity contribution in [2.75, 3.05) is 11.9 Å². The number of hydrogen-bond acceptors (Lipinski definition) is 4. The number of nitrogens with zero attached hydrogens (tertiary/aromatic N) is 1. The van der Waals surface area contributed by atoms with Crippen molar-refractivity contribution in [1.29, 1.82) is 0 Å². The highest BCUT2D eigenvalue weighted by atomic mass is 35.5. The van der Waals surface area contributed by atoms with Crippen LogP contribution in [0.15, 0.2) is 72.8 Å². The molecule has 3 rings (SSSR count). The predicted octanol–water partition coefficient (Wildman–Crippen LogP) is 5.12. The van der Waals surface area contributed by atoms with Crippen LogP contribution in [0.3, 0.4) is 0 Å². The van der Waals surface area contributed by atoms with E-state index in [0.717, 1.165) is 6.42 Å². The van der Waals surface area contributed by atoms with Crippen LogP contribution in [0.2, 0.25) is 5.02 Å². The molecule has 0 saturated heterocycles. The van der Waals surface area contributed by atoms with E-state index in [4.69, 9.17) is 16.3 Å². The predicted molar refractivity (Wildman–Crippen MR) is 108 cm³/mol. The first kappa shape index (κ1) is 19.4. The van der Waals surface area contributed by atoms with Crippen molar-refractivity contribution >= 4 is 28.9 Å². The lowest BCUT2D eigenvalue weighted by atomic mass is 10.1. The van der Waals surface area contributed by atoms with E-state index in [9.17, 15) is 14.9 Å². The van der Waals surface area contributed by atoms with E-state index in [-0.39, 0.29) is 16.6 Å². The van der Waals surface area contributed by atoms with Crippen LogP contribution in [0.1, 0.15) is 15.9 Å². The number of nitro groups is 1. The lowest BCUT2D eigenvalue weighted by Gasteiger charge is -2.08. The van der Waals surface area contributed by atoms with E-state index in [1.54, 1.807) is 24.3 Å². The molecule has 1 amide bonds. The minimum absolute atomic E-state index is 0.0139. The van der Waals surface area contributed by atoms with Gasteiger partial charge in [-0.3, -0.25) is 14.9 Å². The molecule has 142 valence electrons. The van der Waals surface area contributed by atoms with E-state index in [2.05, 4.69) is 5.32 Å². The van der Waals surface area contributed by atoms with Gasteiger partial charge in [0.15, 0.2) is 0 Å². The number of amides is 1. The van der Waals surface area contributed by atoms with Gasteiger partial charge in [0.25, 0.3) is 11.6 Å². The Morgan fingerprint density at radius 1 is 1.04 bits per heavy atom. The molecule has 1 N–H and O–H groups in total. The Labute approximate surface area is 166 Å². The summed E-state index contributed by atoms with van der Waals surface area (Å²) in [5, 5.41) is 13.6. The van der Waals surface area contributed by atoms with Gasteiger partial charge in [-0.25, -0.2) is 0 Å². The third-order valence-corrected chi connectivity index (χ3v) is 4.34. The molecule has 0 aliphatic rings. The summed E-state index contributed by atoms with van der Waals surface area (Å²) in [5.74, 6) is 0.280. The van der Waals surface area contributed by atoms with E-state index in [0.29, 0.717) is 23.6 Å². The molecule has 3 aromatic carbocycles. The molecule has 0 aromatic heterocycles. The van der Waals surface area contributed by atoms with Crippen molar-refractivity contribution in [1.82, 2.24) is 0 Å². The summed E-state index contributed by atoms with van der Waals surface area (Å²) in [7, 11) is 0. The second kappa shape index (κ2) is 9.01. The fraction of sp³-hybridized carbons (Fsp3) is 0.0952. The van der Waals surface area contributed by atoms with Crippen LogP contribution in [-0.2, 0) is 6.42 Å². The third-order valence-electron chi connectivity index (χ3n) is 4.02. The fourth-order valence-electron chi connectivity index (χ4n) is 2.57. The topological polar surface area (TPSA) is 81.5 Å².